The minimum Gasteiger partial charge on any atom is -0.504 e. The highest BCUT2D eigenvalue weighted by atomic mass is 32.1. The van der Waals surface area contributed by atoms with Gasteiger partial charge < -0.3 is 15.2 Å². The Bertz CT molecular complexity index is 483. The number of ether oxygens (including phenoxy) is 1. The molecule has 0 fully saturated rings. The molecule has 2 aromatic rings. The number of thiophene rings is 1. The van der Waals surface area contributed by atoms with E-state index in [4.69, 9.17) is 4.74 Å². The van der Waals surface area contributed by atoms with E-state index in [0.717, 1.165) is 18.7 Å². The SMILES string of the molecule is CCOc1cc(CNCc2ccsc2)ccc1O. The molecule has 0 aliphatic heterocycles. The van der Waals surface area contributed by atoms with Crippen molar-refractivity contribution in [3.63, 3.8) is 0 Å². The summed E-state index contributed by atoms with van der Waals surface area (Å²) in [5, 5.41) is 17.2. The molecule has 0 aliphatic rings. The van der Waals surface area contributed by atoms with Gasteiger partial charge in [-0.25, -0.2) is 0 Å². The average Bonchev–Trinajstić information content (AvgIpc) is 2.87. The number of benzene rings is 1. The Balaban J connectivity index is 1.90. The van der Waals surface area contributed by atoms with Gasteiger partial charge in [-0.05, 0) is 47.0 Å². The molecule has 0 atom stereocenters. The molecule has 4 heteroatoms. The molecule has 0 saturated heterocycles. The Kier molecular flexibility index (Phi) is 4.61. The monoisotopic (exact) mass is 263 g/mol. The predicted octanol–water partition coefficient (Wildman–Crippen LogP) is 3.14. The summed E-state index contributed by atoms with van der Waals surface area (Å²) < 4.78 is 5.35. The van der Waals surface area contributed by atoms with Crippen LogP contribution in [0.1, 0.15) is 18.1 Å². The molecule has 0 unspecified atom stereocenters. The Morgan fingerprint density at radius 1 is 1.22 bits per heavy atom. The summed E-state index contributed by atoms with van der Waals surface area (Å²) in [6.45, 7) is 4.07. The van der Waals surface area contributed by atoms with Crippen molar-refractivity contribution in [1.29, 1.82) is 0 Å². The smallest absolute Gasteiger partial charge is 0.161 e. The van der Waals surface area contributed by atoms with Crippen molar-refractivity contribution >= 4 is 11.3 Å². The second-order valence-corrected chi connectivity index (χ2v) is 4.75. The number of rotatable bonds is 6. The molecule has 18 heavy (non-hydrogen) atoms. The third kappa shape index (κ3) is 3.48. The fourth-order valence-corrected chi connectivity index (χ4v) is 2.35. The molecule has 0 bridgehead atoms. The van der Waals surface area contributed by atoms with Crippen LogP contribution in [0.3, 0.4) is 0 Å². The van der Waals surface area contributed by atoms with Crippen LogP contribution in [0.25, 0.3) is 0 Å². The first-order chi connectivity index (χ1) is 8.79. The fraction of sp³-hybridized carbons (Fsp3) is 0.286. The van der Waals surface area contributed by atoms with E-state index < -0.39 is 0 Å². The van der Waals surface area contributed by atoms with Crippen LogP contribution in [0, 0.1) is 0 Å². The normalized spacial score (nSPS) is 10.5. The molecule has 1 aromatic carbocycles. The van der Waals surface area contributed by atoms with Crippen LogP contribution in [0.15, 0.2) is 35.0 Å². The first kappa shape index (κ1) is 12.9. The molecular weight excluding hydrogens is 246 g/mol. The van der Waals surface area contributed by atoms with Crippen LogP contribution in [-0.2, 0) is 13.1 Å². The minimum absolute atomic E-state index is 0.193. The van der Waals surface area contributed by atoms with Crippen molar-refractivity contribution in [2.24, 2.45) is 0 Å². The van der Waals surface area contributed by atoms with Gasteiger partial charge in [-0.2, -0.15) is 11.3 Å². The molecule has 1 heterocycles. The van der Waals surface area contributed by atoms with Gasteiger partial charge >= 0.3 is 0 Å². The van der Waals surface area contributed by atoms with E-state index in [1.165, 1.54) is 5.56 Å². The van der Waals surface area contributed by atoms with Crippen molar-refractivity contribution in [3.8, 4) is 11.5 Å². The van der Waals surface area contributed by atoms with Gasteiger partial charge in [-0.3, -0.25) is 0 Å². The van der Waals surface area contributed by atoms with Gasteiger partial charge in [0.05, 0.1) is 6.61 Å². The second kappa shape index (κ2) is 6.42. The number of aromatic hydroxyl groups is 1. The van der Waals surface area contributed by atoms with Gasteiger partial charge in [0.1, 0.15) is 0 Å². The minimum atomic E-state index is 0.193. The summed E-state index contributed by atoms with van der Waals surface area (Å²) in [5.74, 6) is 0.741. The Hall–Kier alpha value is -1.52. The van der Waals surface area contributed by atoms with E-state index in [9.17, 15) is 5.11 Å². The van der Waals surface area contributed by atoms with Crippen LogP contribution in [0.2, 0.25) is 0 Å². The molecule has 0 saturated carbocycles. The maximum absolute atomic E-state index is 9.60. The first-order valence-corrected chi connectivity index (χ1v) is 6.90. The Labute approximate surface area is 111 Å². The van der Waals surface area contributed by atoms with Gasteiger partial charge in [0.2, 0.25) is 0 Å². The molecular formula is C14H17NO2S. The summed E-state index contributed by atoms with van der Waals surface area (Å²) in [7, 11) is 0. The average molecular weight is 263 g/mol. The van der Waals surface area contributed by atoms with Crippen molar-refractivity contribution in [2.45, 2.75) is 20.0 Å². The number of hydrogen-bond donors (Lipinski definition) is 2. The summed E-state index contributed by atoms with van der Waals surface area (Å²) in [6, 6.07) is 7.56. The van der Waals surface area contributed by atoms with Crippen LogP contribution >= 0.6 is 11.3 Å². The van der Waals surface area contributed by atoms with E-state index >= 15 is 0 Å². The maximum Gasteiger partial charge on any atom is 0.161 e. The summed E-state index contributed by atoms with van der Waals surface area (Å²) >= 11 is 1.70. The van der Waals surface area contributed by atoms with Gasteiger partial charge in [0.15, 0.2) is 11.5 Å². The third-order valence-electron chi connectivity index (χ3n) is 2.56. The molecule has 1 aromatic heterocycles. The lowest BCUT2D eigenvalue weighted by atomic mass is 10.2. The van der Waals surface area contributed by atoms with Crippen LogP contribution in [-0.4, -0.2) is 11.7 Å². The van der Waals surface area contributed by atoms with E-state index in [1.54, 1.807) is 17.4 Å². The first-order valence-electron chi connectivity index (χ1n) is 5.96. The molecule has 0 spiro atoms. The van der Waals surface area contributed by atoms with Crippen molar-refractivity contribution in [2.75, 3.05) is 6.61 Å². The summed E-state index contributed by atoms with van der Waals surface area (Å²) in [4.78, 5) is 0. The van der Waals surface area contributed by atoms with Gasteiger partial charge in [-0.1, -0.05) is 6.07 Å². The van der Waals surface area contributed by atoms with Crippen LogP contribution < -0.4 is 10.1 Å². The molecule has 96 valence electrons. The Morgan fingerprint density at radius 2 is 2.06 bits per heavy atom. The number of nitrogens with one attached hydrogen (secondary N) is 1. The van der Waals surface area contributed by atoms with E-state index in [2.05, 4.69) is 22.1 Å². The highest BCUT2D eigenvalue weighted by molar-refractivity contribution is 7.07. The highest BCUT2D eigenvalue weighted by Gasteiger charge is 2.03. The third-order valence-corrected chi connectivity index (χ3v) is 3.29. The molecule has 0 aliphatic carbocycles. The lowest BCUT2D eigenvalue weighted by molar-refractivity contribution is 0.317. The number of phenols is 1. The van der Waals surface area contributed by atoms with Crippen molar-refractivity contribution in [3.05, 3.63) is 46.2 Å². The zero-order valence-electron chi connectivity index (χ0n) is 10.3. The van der Waals surface area contributed by atoms with E-state index in [1.807, 2.05) is 19.1 Å². The van der Waals surface area contributed by atoms with Crippen molar-refractivity contribution in [1.82, 2.24) is 5.32 Å². The number of hydrogen-bond acceptors (Lipinski definition) is 4. The molecule has 3 nitrogen and oxygen atoms in total. The van der Waals surface area contributed by atoms with E-state index in [-0.39, 0.29) is 5.75 Å². The van der Waals surface area contributed by atoms with Crippen LogP contribution in [0.5, 0.6) is 11.5 Å². The largest absolute Gasteiger partial charge is 0.504 e. The van der Waals surface area contributed by atoms with Crippen LogP contribution in [0.4, 0.5) is 0 Å². The molecule has 2 rings (SSSR count). The van der Waals surface area contributed by atoms with Gasteiger partial charge in [-0.15, -0.1) is 0 Å². The molecule has 0 amide bonds. The number of phenolic OH excluding ortho intramolecular Hbond substituents is 1. The highest BCUT2D eigenvalue weighted by Crippen LogP contribution is 2.26. The molecule has 2 N–H and O–H groups in total. The topological polar surface area (TPSA) is 41.5 Å². The maximum atomic E-state index is 9.60. The van der Waals surface area contributed by atoms with Crippen molar-refractivity contribution < 1.29 is 9.84 Å². The molecule has 0 radical (unpaired) electrons. The summed E-state index contributed by atoms with van der Waals surface area (Å²) in [5.41, 5.74) is 2.40. The van der Waals surface area contributed by atoms with Gasteiger partial charge in [0, 0.05) is 13.1 Å². The second-order valence-electron chi connectivity index (χ2n) is 3.97. The Morgan fingerprint density at radius 3 is 2.78 bits per heavy atom. The van der Waals surface area contributed by atoms with E-state index in [0.29, 0.717) is 12.4 Å². The summed E-state index contributed by atoms with van der Waals surface area (Å²) in [6.07, 6.45) is 0. The quantitative estimate of drug-likeness (QED) is 0.841. The van der Waals surface area contributed by atoms with Gasteiger partial charge in [0.25, 0.3) is 0 Å². The lowest BCUT2D eigenvalue weighted by Crippen LogP contribution is -2.12. The predicted molar refractivity (Wildman–Crippen MR) is 74.1 cm³/mol. The zero-order valence-corrected chi connectivity index (χ0v) is 11.2. The lowest BCUT2D eigenvalue weighted by Gasteiger charge is -2.09. The fourth-order valence-electron chi connectivity index (χ4n) is 1.68. The standard InChI is InChI=1S/C14H17NO2S/c1-2-17-14-7-11(3-4-13(14)16)8-15-9-12-5-6-18-10-12/h3-7,10,15-16H,2,8-9H2,1H3. The zero-order chi connectivity index (χ0) is 12.8.